The zero-order valence-electron chi connectivity index (χ0n) is 15.9. The van der Waals surface area contributed by atoms with Crippen molar-refractivity contribution >= 4 is 11.9 Å². The number of rotatable bonds is 8. The van der Waals surface area contributed by atoms with Gasteiger partial charge in [0.2, 0.25) is 5.91 Å². The van der Waals surface area contributed by atoms with E-state index in [0.717, 1.165) is 24.3 Å². The minimum absolute atomic E-state index is 0.128. The molecule has 0 saturated carbocycles. The molecule has 28 heavy (non-hydrogen) atoms. The lowest BCUT2D eigenvalue weighted by Gasteiger charge is -2.32. The first-order chi connectivity index (χ1) is 13.6. The van der Waals surface area contributed by atoms with Crippen molar-refractivity contribution in [1.82, 2.24) is 14.7 Å². The molecule has 0 bridgehead atoms. The SMILES string of the molecule is COc1ccc(OCCCC(=O)N2CCC(n3cc(C(=O)O)cn3)CC2)cc1. The molecule has 8 nitrogen and oxygen atoms in total. The number of piperidine rings is 1. The second kappa shape index (κ2) is 9.25. The van der Waals surface area contributed by atoms with Crippen molar-refractivity contribution in [2.24, 2.45) is 0 Å². The third-order valence-corrected chi connectivity index (χ3v) is 4.90. The number of hydrogen-bond donors (Lipinski definition) is 1. The Hall–Kier alpha value is -3.03. The van der Waals surface area contributed by atoms with E-state index in [4.69, 9.17) is 14.6 Å². The zero-order chi connectivity index (χ0) is 19.9. The number of aromatic carboxylic acids is 1. The minimum Gasteiger partial charge on any atom is -0.497 e. The Morgan fingerprint density at radius 2 is 1.86 bits per heavy atom. The van der Waals surface area contributed by atoms with E-state index in [-0.39, 0.29) is 17.5 Å². The van der Waals surface area contributed by atoms with Gasteiger partial charge in [-0.25, -0.2) is 4.79 Å². The average Bonchev–Trinajstić information content (AvgIpc) is 3.22. The highest BCUT2D eigenvalue weighted by molar-refractivity contribution is 5.86. The number of nitrogens with zero attached hydrogens (tertiary/aromatic N) is 3. The number of ether oxygens (including phenoxy) is 2. The minimum atomic E-state index is -0.976. The highest BCUT2D eigenvalue weighted by Crippen LogP contribution is 2.23. The fourth-order valence-corrected chi connectivity index (χ4v) is 3.27. The molecular formula is C20H25N3O5. The monoisotopic (exact) mass is 387 g/mol. The molecule has 0 aliphatic carbocycles. The maximum Gasteiger partial charge on any atom is 0.338 e. The fraction of sp³-hybridized carbons (Fsp3) is 0.450. The van der Waals surface area contributed by atoms with Gasteiger partial charge in [0.1, 0.15) is 11.5 Å². The largest absolute Gasteiger partial charge is 0.497 e. The predicted octanol–water partition coefficient (Wildman–Crippen LogP) is 2.61. The van der Waals surface area contributed by atoms with Gasteiger partial charge in [-0.1, -0.05) is 0 Å². The molecule has 1 N–H and O–H groups in total. The number of benzene rings is 1. The van der Waals surface area contributed by atoms with Gasteiger partial charge >= 0.3 is 5.97 Å². The first-order valence-corrected chi connectivity index (χ1v) is 9.39. The van der Waals surface area contributed by atoms with Crippen molar-refractivity contribution < 1.29 is 24.2 Å². The molecule has 1 saturated heterocycles. The summed E-state index contributed by atoms with van der Waals surface area (Å²) >= 11 is 0. The number of carboxylic acid groups (broad SMARTS) is 1. The second-order valence-electron chi connectivity index (χ2n) is 6.75. The summed E-state index contributed by atoms with van der Waals surface area (Å²) in [5.74, 6) is 0.688. The van der Waals surface area contributed by atoms with Crippen LogP contribution in [0.5, 0.6) is 11.5 Å². The Morgan fingerprint density at radius 3 is 2.46 bits per heavy atom. The van der Waals surface area contributed by atoms with E-state index in [0.29, 0.717) is 32.5 Å². The van der Waals surface area contributed by atoms with Crippen molar-refractivity contribution in [1.29, 1.82) is 0 Å². The molecule has 0 unspecified atom stereocenters. The van der Waals surface area contributed by atoms with Gasteiger partial charge in [-0.15, -0.1) is 0 Å². The third kappa shape index (κ3) is 5.03. The molecule has 3 rings (SSSR count). The maximum atomic E-state index is 12.4. The van der Waals surface area contributed by atoms with Gasteiger partial charge in [-0.3, -0.25) is 9.48 Å². The van der Waals surface area contributed by atoms with Crippen LogP contribution < -0.4 is 9.47 Å². The van der Waals surface area contributed by atoms with Crippen LogP contribution in [0.4, 0.5) is 0 Å². The van der Waals surface area contributed by atoms with Crippen LogP contribution in [0, 0.1) is 0 Å². The number of carbonyl (C=O) groups is 2. The summed E-state index contributed by atoms with van der Waals surface area (Å²) in [7, 11) is 1.62. The van der Waals surface area contributed by atoms with E-state index in [1.165, 1.54) is 6.20 Å². The molecule has 150 valence electrons. The van der Waals surface area contributed by atoms with Crippen LogP contribution in [0.3, 0.4) is 0 Å². The standard InChI is InChI=1S/C20H25N3O5/c1-27-17-4-6-18(7-5-17)28-12-2-3-19(24)22-10-8-16(9-11-22)23-14-15(13-21-23)20(25)26/h4-7,13-14,16H,2-3,8-12H2,1H3,(H,25,26). The molecule has 0 radical (unpaired) electrons. The summed E-state index contributed by atoms with van der Waals surface area (Å²) in [6, 6.07) is 7.50. The molecule has 0 atom stereocenters. The van der Waals surface area contributed by atoms with E-state index >= 15 is 0 Å². The summed E-state index contributed by atoms with van der Waals surface area (Å²) < 4.78 is 12.5. The van der Waals surface area contributed by atoms with E-state index < -0.39 is 5.97 Å². The van der Waals surface area contributed by atoms with Gasteiger partial charge in [0.25, 0.3) is 0 Å². The van der Waals surface area contributed by atoms with Crippen molar-refractivity contribution in [3.63, 3.8) is 0 Å². The molecule has 2 aromatic rings. The van der Waals surface area contributed by atoms with Crippen molar-refractivity contribution in [2.75, 3.05) is 26.8 Å². The number of carboxylic acids is 1. The lowest BCUT2D eigenvalue weighted by atomic mass is 10.0. The Labute approximate surface area is 163 Å². The number of aromatic nitrogens is 2. The quantitative estimate of drug-likeness (QED) is 0.700. The third-order valence-electron chi connectivity index (χ3n) is 4.90. The van der Waals surface area contributed by atoms with E-state index in [9.17, 15) is 9.59 Å². The molecule has 1 aliphatic heterocycles. The topological polar surface area (TPSA) is 93.9 Å². The molecule has 2 heterocycles. The fourth-order valence-electron chi connectivity index (χ4n) is 3.27. The Balaban J connectivity index is 1.37. The van der Waals surface area contributed by atoms with Gasteiger partial charge in [-0.05, 0) is 43.5 Å². The molecule has 8 heteroatoms. The van der Waals surface area contributed by atoms with Crippen LogP contribution in [-0.4, -0.2) is 58.5 Å². The number of methoxy groups -OCH3 is 1. The summed E-state index contributed by atoms with van der Waals surface area (Å²) in [5, 5.41) is 13.1. The van der Waals surface area contributed by atoms with Crippen LogP contribution >= 0.6 is 0 Å². The summed E-state index contributed by atoms with van der Waals surface area (Å²) in [6.45, 7) is 1.80. The number of amides is 1. The lowest BCUT2D eigenvalue weighted by molar-refractivity contribution is -0.132. The van der Waals surface area contributed by atoms with Crippen LogP contribution in [-0.2, 0) is 4.79 Å². The highest BCUT2D eigenvalue weighted by Gasteiger charge is 2.24. The molecule has 1 aliphatic rings. The molecule has 1 aromatic carbocycles. The van der Waals surface area contributed by atoms with Gasteiger partial charge < -0.3 is 19.5 Å². The summed E-state index contributed by atoms with van der Waals surface area (Å²) in [4.78, 5) is 25.2. The van der Waals surface area contributed by atoms with E-state index in [1.54, 1.807) is 18.0 Å². The molecule has 0 spiro atoms. The normalized spacial score (nSPS) is 14.7. The first kappa shape index (κ1) is 19.7. The van der Waals surface area contributed by atoms with Gasteiger partial charge in [0, 0.05) is 25.7 Å². The molecule has 1 aromatic heterocycles. The van der Waals surface area contributed by atoms with Crippen molar-refractivity contribution in [3.05, 3.63) is 42.2 Å². The maximum absolute atomic E-state index is 12.4. The number of hydrogen-bond acceptors (Lipinski definition) is 5. The highest BCUT2D eigenvalue weighted by atomic mass is 16.5. The number of carbonyl (C=O) groups excluding carboxylic acids is 1. The smallest absolute Gasteiger partial charge is 0.338 e. The van der Waals surface area contributed by atoms with Gasteiger partial charge in [-0.2, -0.15) is 5.10 Å². The summed E-state index contributed by atoms with van der Waals surface area (Å²) in [5.41, 5.74) is 0.190. The van der Waals surface area contributed by atoms with Crippen LogP contribution in [0.15, 0.2) is 36.7 Å². The van der Waals surface area contributed by atoms with Gasteiger partial charge in [0.05, 0.1) is 31.5 Å². The van der Waals surface area contributed by atoms with E-state index in [2.05, 4.69) is 5.10 Å². The second-order valence-corrected chi connectivity index (χ2v) is 6.75. The Bertz CT molecular complexity index is 794. The zero-order valence-corrected chi connectivity index (χ0v) is 15.9. The average molecular weight is 387 g/mol. The Kier molecular flexibility index (Phi) is 6.52. The Morgan fingerprint density at radius 1 is 1.18 bits per heavy atom. The van der Waals surface area contributed by atoms with Crippen LogP contribution in [0.25, 0.3) is 0 Å². The molecule has 1 amide bonds. The lowest BCUT2D eigenvalue weighted by Crippen LogP contribution is -2.39. The molecular weight excluding hydrogens is 362 g/mol. The van der Waals surface area contributed by atoms with Crippen LogP contribution in [0.1, 0.15) is 42.1 Å². The summed E-state index contributed by atoms with van der Waals surface area (Å²) in [6.07, 6.45) is 5.57. The first-order valence-electron chi connectivity index (χ1n) is 9.39. The molecule has 1 fully saturated rings. The van der Waals surface area contributed by atoms with Crippen LogP contribution in [0.2, 0.25) is 0 Å². The number of likely N-dealkylation sites (tertiary alicyclic amines) is 1. The van der Waals surface area contributed by atoms with Crippen molar-refractivity contribution in [2.45, 2.75) is 31.7 Å². The predicted molar refractivity (Wildman–Crippen MR) is 102 cm³/mol. The van der Waals surface area contributed by atoms with Crippen molar-refractivity contribution in [3.8, 4) is 11.5 Å². The van der Waals surface area contributed by atoms with Gasteiger partial charge in [0.15, 0.2) is 0 Å². The van der Waals surface area contributed by atoms with E-state index in [1.807, 2.05) is 29.2 Å².